The maximum absolute atomic E-state index is 12.0. The van der Waals surface area contributed by atoms with Gasteiger partial charge >= 0.3 is 11.9 Å². The Labute approximate surface area is 150 Å². The number of carbonyl (C=O) groups excluding carboxylic acids is 2. The summed E-state index contributed by atoms with van der Waals surface area (Å²) >= 11 is 1.19. The largest absolute Gasteiger partial charge is 0.465 e. The van der Waals surface area contributed by atoms with Gasteiger partial charge in [0.1, 0.15) is 4.92 Å². The zero-order valence-electron chi connectivity index (χ0n) is 13.3. The second-order valence-corrected chi connectivity index (χ2v) is 5.81. The van der Waals surface area contributed by atoms with Gasteiger partial charge in [0.05, 0.1) is 24.4 Å². The molecular weight excluding hydrogens is 362 g/mol. The van der Waals surface area contributed by atoms with Crippen molar-refractivity contribution >= 4 is 34.2 Å². The van der Waals surface area contributed by atoms with Crippen molar-refractivity contribution in [2.24, 2.45) is 0 Å². The number of amides is 1. The molecule has 0 aliphatic rings. The van der Waals surface area contributed by atoms with E-state index < -0.39 is 22.7 Å². The molecule has 0 saturated heterocycles. The second kappa shape index (κ2) is 7.15. The Balaban J connectivity index is 1.72. The van der Waals surface area contributed by atoms with Crippen molar-refractivity contribution in [1.82, 2.24) is 4.98 Å². The number of ether oxygens (including phenoxy) is 1. The third-order valence-electron chi connectivity index (χ3n) is 3.32. The Morgan fingerprint density at radius 3 is 2.58 bits per heavy atom. The van der Waals surface area contributed by atoms with E-state index in [0.29, 0.717) is 16.4 Å². The molecule has 0 fully saturated rings. The topological polar surface area (TPSA) is 125 Å². The first-order valence-electron chi connectivity index (χ1n) is 7.18. The molecule has 2 aromatic heterocycles. The SMILES string of the molecule is COC(=O)c1ccc(-c2csc(NC(=O)c3ccc([N+](=O)[O-])o3)n2)cc1. The monoisotopic (exact) mass is 373 g/mol. The number of furan rings is 1. The number of benzene rings is 1. The molecule has 1 aromatic carbocycles. The fourth-order valence-corrected chi connectivity index (χ4v) is 2.78. The van der Waals surface area contributed by atoms with Gasteiger partial charge in [-0.2, -0.15) is 0 Å². The highest BCUT2D eigenvalue weighted by atomic mass is 32.1. The third kappa shape index (κ3) is 3.59. The van der Waals surface area contributed by atoms with Crippen molar-refractivity contribution in [3.05, 3.63) is 63.2 Å². The first-order chi connectivity index (χ1) is 12.5. The van der Waals surface area contributed by atoms with Crippen LogP contribution in [0.2, 0.25) is 0 Å². The highest BCUT2D eigenvalue weighted by molar-refractivity contribution is 7.14. The number of rotatable bonds is 5. The molecule has 1 N–H and O–H groups in total. The standard InChI is InChI=1S/C16H11N3O6S/c1-24-15(21)10-4-2-9(3-5-10)11-8-26-16(17-11)18-14(20)12-6-7-13(25-12)19(22)23/h2-8H,1H3,(H,17,18,20). The Kier molecular flexibility index (Phi) is 4.76. The number of esters is 1. The van der Waals surface area contributed by atoms with Crippen LogP contribution in [0.15, 0.2) is 46.2 Å². The zero-order valence-corrected chi connectivity index (χ0v) is 14.1. The number of nitrogens with one attached hydrogen (secondary N) is 1. The normalized spacial score (nSPS) is 10.3. The summed E-state index contributed by atoms with van der Waals surface area (Å²) in [6.45, 7) is 0. The van der Waals surface area contributed by atoms with Gasteiger partial charge in [-0.1, -0.05) is 12.1 Å². The van der Waals surface area contributed by atoms with Crippen molar-refractivity contribution in [2.45, 2.75) is 0 Å². The summed E-state index contributed by atoms with van der Waals surface area (Å²) in [5.74, 6) is -1.77. The molecule has 0 spiro atoms. The number of nitro groups is 1. The number of anilines is 1. The molecule has 3 aromatic rings. The van der Waals surface area contributed by atoms with Gasteiger partial charge in [0.25, 0.3) is 5.91 Å². The summed E-state index contributed by atoms with van der Waals surface area (Å²) in [6.07, 6.45) is 0. The van der Waals surface area contributed by atoms with E-state index >= 15 is 0 Å². The van der Waals surface area contributed by atoms with Gasteiger partial charge in [-0.05, 0) is 18.2 Å². The number of hydrogen-bond donors (Lipinski definition) is 1. The van der Waals surface area contributed by atoms with E-state index in [1.807, 2.05) is 0 Å². The van der Waals surface area contributed by atoms with E-state index in [-0.39, 0.29) is 5.76 Å². The smallest absolute Gasteiger partial charge is 0.433 e. The van der Waals surface area contributed by atoms with Gasteiger partial charge in [-0.15, -0.1) is 11.3 Å². The predicted molar refractivity (Wildman–Crippen MR) is 92.2 cm³/mol. The molecule has 26 heavy (non-hydrogen) atoms. The Hall–Kier alpha value is -3.53. The van der Waals surface area contributed by atoms with Crippen LogP contribution in [0, 0.1) is 10.1 Å². The van der Waals surface area contributed by atoms with E-state index in [1.54, 1.807) is 29.6 Å². The molecular formula is C16H11N3O6S. The van der Waals surface area contributed by atoms with Crippen LogP contribution in [-0.4, -0.2) is 28.9 Å². The van der Waals surface area contributed by atoms with Crippen LogP contribution < -0.4 is 5.32 Å². The minimum atomic E-state index is -0.726. The molecule has 0 radical (unpaired) electrons. The van der Waals surface area contributed by atoms with Crippen molar-refractivity contribution in [3.63, 3.8) is 0 Å². The van der Waals surface area contributed by atoms with Crippen LogP contribution in [0.5, 0.6) is 0 Å². The second-order valence-electron chi connectivity index (χ2n) is 4.96. The average Bonchev–Trinajstić information content (AvgIpc) is 3.31. The lowest BCUT2D eigenvalue weighted by atomic mass is 10.1. The first kappa shape index (κ1) is 17.3. The molecule has 0 atom stereocenters. The quantitative estimate of drug-likeness (QED) is 0.413. The van der Waals surface area contributed by atoms with Gasteiger partial charge in [0.2, 0.25) is 0 Å². The molecule has 10 heteroatoms. The summed E-state index contributed by atoms with van der Waals surface area (Å²) < 4.78 is 9.48. The molecule has 132 valence electrons. The fraction of sp³-hybridized carbons (Fsp3) is 0.0625. The summed E-state index contributed by atoms with van der Waals surface area (Å²) in [6, 6.07) is 8.96. The average molecular weight is 373 g/mol. The van der Waals surface area contributed by atoms with Gasteiger partial charge < -0.3 is 9.15 Å². The van der Waals surface area contributed by atoms with Gasteiger partial charge in [0.15, 0.2) is 10.9 Å². The number of nitrogens with zero attached hydrogens (tertiary/aromatic N) is 2. The van der Waals surface area contributed by atoms with Crippen LogP contribution in [0.4, 0.5) is 11.0 Å². The summed E-state index contributed by atoms with van der Waals surface area (Å²) in [7, 11) is 1.30. The van der Waals surface area contributed by atoms with Crippen LogP contribution in [0.3, 0.4) is 0 Å². The van der Waals surface area contributed by atoms with Gasteiger partial charge in [-0.3, -0.25) is 20.2 Å². The number of thiazole rings is 1. The van der Waals surface area contributed by atoms with E-state index in [1.165, 1.54) is 24.5 Å². The summed E-state index contributed by atoms with van der Waals surface area (Å²) in [4.78, 5) is 37.6. The molecule has 0 aliphatic heterocycles. The molecule has 1 amide bonds. The lowest BCUT2D eigenvalue weighted by molar-refractivity contribution is -0.402. The number of carbonyl (C=O) groups is 2. The van der Waals surface area contributed by atoms with Crippen LogP contribution in [0.25, 0.3) is 11.3 Å². The van der Waals surface area contributed by atoms with Crippen molar-refractivity contribution in [1.29, 1.82) is 0 Å². The zero-order chi connectivity index (χ0) is 18.7. The van der Waals surface area contributed by atoms with Crippen molar-refractivity contribution in [2.75, 3.05) is 12.4 Å². The summed E-state index contributed by atoms with van der Waals surface area (Å²) in [5, 5.41) is 15.1. The van der Waals surface area contributed by atoms with E-state index in [0.717, 1.165) is 11.6 Å². The molecule has 2 heterocycles. The third-order valence-corrected chi connectivity index (χ3v) is 4.08. The van der Waals surface area contributed by atoms with Crippen molar-refractivity contribution in [3.8, 4) is 11.3 Å². The van der Waals surface area contributed by atoms with E-state index in [4.69, 9.17) is 4.42 Å². The van der Waals surface area contributed by atoms with E-state index in [2.05, 4.69) is 15.0 Å². The van der Waals surface area contributed by atoms with Crippen LogP contribution in [-0.2, 0) is 4.74 Å². The molecule has 9 nitrogen and oxygen atoms in total. The lowest BCUT2D eigenvalue weighted by Gasteiger charge is -2.01. The van der Waals surface area contributed by atoms with Crippen molar-refractivity contribution < 1.29 is 23.7 Å². The number of hydrogen-bond acceptors (Lipinski definition) is 8. The van der Waals surface area contributed by atoms with E-state index in [9.17, 15) is 19.7 Å². The molecule has 0 saturated carbocycles. The molecule has 3 rings (SSSR count). The lowest BCUT2D eigenvalue weighted by Crippen LogP contribution is -2.10. The maximum atomic E-state index is 12.0. The Morgan fingerprint density at radius 1 is 1.23 bits per heavy atom. The number of aromatic nitrogens is 1. The maximum Gasteiger partial charge on any atom is 0.433 e. The highest BCUT2D eigenvalue weighted by Gasteiger charge is 2.18. The highest BCUT2D eigenvalue weighted by Crippen LogP contribution is 2.26. The van der Waals surface area contributed by atoms with Gasteiger partial charge in [0, 0.05) is 10.9 Å². The molecule has 0 bridgehead atoms. The minimum absolute atomic E-state index is 0.184. The minimum Gasteiger partial charge on any atom is -0.465 e. The predicted octanol–water partition coefficient (Wildman–Crippen LogP) is 3.35. The van der Waals surface area contributed by atoms with Crippen LogP contribution in [0.1, 0.15) is 20.9 Å². The van der Waals surface area contributed by atoms with Crippen LogP contribution >= 0.6 is 11.3 Å². The molecule has 0 unspecified atom stereocenters. The Bertz CT molecular complexity index is 976. The fourth-order valence-electron chi connectivity index (χ4n) is 2.07. The molecule has 0 aliphatic carbocycles. The van der Waals surface area contributed by atoms with Gasteiger partial charge in [-0.25, -0.2) is 9.78 Å². The summed E-state index contributed by atoms with van der Waals surface area (Å²) in [5.41, 5.74) is 1.77. The first-order valence-corrected chi connectivity index (χ1v) is 8.06. The Morgan fingerprint density at radius 2 is 1.96 bits per heavy atom. The number of methoxy groups -OCH3 is 1.